The van der Waals surface area contributed by atoms with Gasteiger partial charge >= 0.3 is 0 Å². The highest BCUT2D eigenvalue weighted by Gasteiger charge is 2.30. The first-order valence-electron chi connectivity index (χ1n) is 9.57. The van der Waals surface area contributed by atoms with E-state index in [9.17, 15) is 9.90 Å². The second kappa shape index (κ2) is 7.63. The Labute approximate surface area is 168 Å². The number of ether oxygens (including phenoxy) is 1. The Bertz CT molecular complexity index is 1050. The molecular formula is C21H23N5O3. The van der Waals surface area contributed by atoms with Crippen LogP contribution in [0.2, 0.25) is 0 Å². The van der Waals surface area contributed by atoms with Gasteiger partial charge < -0.3 is 14.4 Å². The van der Waals surface area contributed by atoms with Crippen LogP contribution >= 0.6 is 0 Å². The van der Waals surface area contributed by atoms with Crippen molar-refractivity contribution in [2.24, 2.45) is 0 Å². The summed E-state index contributed by atoms with van der Waals surface area (Å²) in [4.78, 5) is 19.3. The maximum atomic E-state index is 13.0. The molecule has 0 aliphatic carbocycles. The number of amides is 1. The number of nitrogens with zero attached hydrogens (tertiary/aromatic N) is 5. The Morgan fingerprint density at radius 1 is 1.21 bits per heavy atom. The Hall–Kier alpha value is -3.26. The van der Waals surface area contributed by atoms with Crippen LogP contribution in [0.25, 0.3) is 11.5 Å². The maximum Gasteiger partial charge on any atom is 0.260 e. The van der Waals surface area contributed by atoms with Crippen molar-refractivity contribution in [3.05, 3.63) is 53.9 Å². The van der Waals surface area contributed by atoms with Gasteiger partial charge in [-0.2, -0.15) is 0 Å². The van der Waals surface area contributed by atoms with Crippen molar-refractivity contribution >= 4 is 11.7 Å². The lowest BCUT2D eigenvalue weighted by molar-refractivity contribution is 0.0995. The van der Waals surface area contributed by atoms with E-state index in [1.807, 2.05) is 45.0 Å². The summed E-state index contributed by atoms with van der Waals surface area (Å²) in [5.74, 6) is 1.66. The molecule has 4 rings (SSSR count). The van der Waals surface area contributed by atoms with Gasteiger partial charge in [0.05, 0.1) is 25.3 Å². The fourth-order valence-electron chi connectivity index (χ4n) is 3.35. The SMILES string of the molecule is CC(C)Oc1ccc2c(c1)C(=O)N(c1cccc(-c3nncn3[C@@H](C)CO)n1)C2. The molecule has 0 saturated heterocycles. The van der Waals surface area contributed by atoms with Crippen LogP contribution < -0.4 is 9.64 Å². The molecule has 1 aliphatic rings. The lowest BCUT2D eigenvalue weighted by Gasteiger charge is -2.16. The van der Waals surface area contributed by atoms with Crippen LogP contribution in [-0.2, 0) is 6.54 Å². The largest absolute Gasteiger partial charge is 0.491 e. The monoisotopic (exact) mass is 393 g/mol. The summed E-state index contributed by atoms with van der Waals surface area (Å²) in [6, 6.07) is 10.9. The van der Waals surface area contributed by atoms with Crippen LogP contribution in [0.3, 0.4) is 0 Å². The number of aliphatic hydroxyl groups excluding tert-OH is 1. The van der Waals surface area contributed by atoms with Gasteiger partial charge in [-0.25, -0.2) is 4.98 Å². The summed E-state index contributed by atoms with van der Waals surface area (Å²) in [7, 11) is 0. The minimum atomic E-state index is -0.178. The molecule has 3 aromatic rings. The van der Waals surface area contributed by atoms with Crippen LogP contribution in [0, 0.1) is 0 Å². The lowest BCUT2D eigenvalue weighted by Crippen LogP contribution is -2.24. The third-order valence-electron chi connectivity index (χ3n) is 4.81. The molecule has 0 radical (unpaired) electrons. The molecule has 1 aromatic carbocycles. The third-order valence-corrected chi connectivity index (χ3v) is 4.81. The van der Waals surface area contributed by atoms with Gasteiger partial charge in [-0.1, -0.05) is 12.1 Å². The number of aliphatic hydroxyl groups is 1. The molecule has 3 heterocycles. The van der Waals surface area contributed by atoms with E-state index in [0.29, 0.717) is 35.2 Å². The summed E-state index contributed by atoms with van der Waals surface area (Å²) in [5.41, 5.74) is 2.16. The zero-order valence-corrected chi connectivity index (χ0v) is 16.6. The van der Waals surface area contributed by atoms with Crippen molar-refractivity contribution in [2.75, 3.05) is 11.5 Å². The van der Waals surface area contributed by atoms with Crippen LogP contribution in [0.15, 0.2) is 42.7 Å². The minimum absolute atomic E-state index is 0.0363. The lowest BCUT2D eigenvalue weighted by atomic mass is 10.1. The van der Waals surface area contributed by atoms with E-state index >= 15 is 0 Å². The number of pyridine rings is 1. The van der Waals surface area contributed by atoms with Crippen LogP contribution in [0.1, 0.15) is 42.7 Å². The minimum Gasteiger partial charge on any atom is -0.491 e. The zero-order chi connectivity index (χ0) is 20.5. The number of fused-ring (bicyclic) bond motifs is 1. The molecule has 0 bridgehead atoms. The second-order valence-corrected chi connectivity index (χ2v) is 7.35. The molecule has 8 nitrogen and oxygen atoms in total. The molecule has 29 heavy (non-hydrogen) atoms. The maximum absolute atomic E-state index is 13.0. The predicted molar refractivity (Wildman–Crippen MR) is 108 cm³/mol. The summed E-state index contributed by atoms with van der Waals surface area (Å²) in [6.45, 7) is 6.19. The number of hydrogen-bond acceptors (Lipinski definition) is 6. The Kier molecular flexibility index (Phi) is 5.02. The van der Waals surface area contributed by atoms with E-state index in [0.717, 1.165) is 5.56 Å². The average Bonchev–Trinajstić information content (AvgIpc) is 3.32. The normalized spacial score (nSPS) is 14.4. The molecule has 2 aromatic heterocycles. The molecule has 150 valence electrons. The Balaban J connectivity index is 1.64. The number of carbonyl (C=O) groups excluding carboxylic acids is 1. The summed E-state index contributed by atoms with van der Waals surface area (Å²) in [6.07, 6.45) is 1.61. The molecule has 8 heteroatoms. The van der Waals surface area contributed by atoms with Crippen LogP contribution in [0.5, 0.6) is 5.75 Å². The predicted octanol–water partition coefficient (Wildman–Crippen LogP) is 2.84. The van der Waals surface area contributed by atoms with Gasteiger partial charge in [0.25, 0.3) is 5.91 Å². The fraction of sp³-hybridized carbons (Fsp3) is 0.333. The van der Waals surface area contributed by atoms with E-state index in [4.69, 9.17) is 4.74 Å². The third kappa shape index (κ3) is 3.58. The fourth-order valence-corrected chi connectivity index (χ4v) is 3.35. The van der Waals surface area contributed by atoms with Crippen molar-refractivity contribution in [1.29, 1.82) is 0 Å². The highest BCUT2D eigenvalue weighted by atomic mass is 16.5. The van der Waals surface area contributed by atoms with Gasteiger partial charge in [-0.15, -0.1) is 10.2 Å². The van der Waals surface area contributed by atoms with Gasteiger partial charge in [0.15, 0.2) is 5.82 Å². The first-order valence-corrected chi connectivity index (χ1v) is 9.57. The topological polar surface area (TPSA) is 93.4 Å². The van der Waals surface area contributed by atoms with Crippen molar-refractivity contribution < 1.29 is 14.6 Å². The van der Waals surface area contributed by atoms with E-state index in [1.165, 1.54) is 0 Å². The highest BCUT2D eigenvalue weighted by molar-refractivity contribution is 6.09. The first kappa shape index (κ1) is 19.1. The number of aromatic nitrogens is 4. The highest BCUT2D eigenvalue weighted by Crippen LogP contribution is 2.31. The number of benzene rings is 1. The molecule has 0 fully saturated rings. The second-order valence-electron chi connectivity index (χ2n) is 7.35. The quantitative estimate of drug-likeness (QED) is 0.692. The Morgan fingerprint density at radius 2 is 2.03 bits per heavy atom. The molecule has 0 saturated carbocycles. The van der Waals surface area contributed by atoms with Crippen LogP contribution in [0.4, 0.5) is 5.82 Å². The summed E-state index contributed by atoms with van der Waals surface area (Å²) >= 11 is 0. The molecule has 1 aliphatic heterocycles. The van der Waals surface area contributed by atoms with Gasteiger partial charge in [0.1, 0.15) is 23.6 Å². The van der Waals surface area contributed by atoms with E-state index in [2.05, 4.69) is 15.2 Å². The van der Waals surface area contributed by atoms with Crippen molar-refractivity contribution in [3.63, 3.8) is 0 Å². The standard InChI is InChI=1S/C21H23N5O3/c1-13(2)29-16-8-7-15-10-25(21(28)17(15)9-16)19-6-4-5-18(23-19)20-24-22-12-26(20)14(3)11-27/h4-9,12-14,27H,10-11H2,1-3H3/t14-/m0/s1. The van der Waals surface area contributed by atoms with Crippen LogP contribution in [-0.4, -0.2) is 43.5 Å². The molecule has 0 unspecified atom stereocenters. The number of hydrogen-bond donors (Lipinski definition) is 1. The van der Waals surface area contributed by atoms with E-state index < -0.39 is 0 Å². The number of anilines is 1. The first-order chi connectivity index (χ1) is 14.0. The zero-order valence-electron chi connectivity index (χ0n) is 16.6. The van der Waals surface area contributed by atoms with Gasteiger partial charge in [-0.05, 0) is 50.6 Å². The molecule has 1 N–H and O–H groups in total. The van der Waals surface area contributed by atoms with Crippen molar-refractivity contribution in [2.45, 2.75) is 39.5 Å². The molecule has 1 amide bonds. The average molecular weight is 393 g/mol. The smallest absolute Gasteiger partial charge is 0.260 e. The van der Waals surface area contributed by atoms with Gasteiger partial charge in [0.2, 0.25) is 0 Å². The van der Waals surface area contributed by atoms with E-state index in [1.54, 1.807) is 27.9 Å². The molecular weight excluding hydrogens is 370 g/mol. The van der Waals surface area contributed by atoms with Gasteiger partial charge in [-0.3, -0.25) is 9.69 Å². The summed E-state index contributed by atoms with van der Waals surface area (Å²) in [5, 5.41) is 17.5. The van der Waals surface area contributed by atoms with Gasteiger partial charge in [0, 0.05) is 5.56 Å². The van der Waals surface area contributed by atoms with Crippen molar-refractivity contribution in [1.82, 2.24) is 19.7 Å². The summed E-state index contributed by atoms with van der Waals surface area (Å²) < 4.78 is 7.48. The number of rotatable bonds is 6. The van der Waals surface area contributed by atoms with Crippen molar-refractivity contribution in [3.8, 4) is 17.3 Å². The number of carbonyl (C=O) groups is 1. The Morgan fingerprint density at radius 3 is 2.79 bits per heavy atom. The molecule has 0 spiro atoms. The molecule has 1 atom stereocenters. The van der Waals surface area contributed by atoms with E-state index in [-0.39, 0.29) is 24.7 Å².